The molecule has 0 aliphatic carbocycles. The monoisotopic (exact) mass is 544 g/mol. The van der Waals surface area contributed by atoms with Crippen LogP contribution in [0.1, 0.15) is 22.3 Å². The fourth-order valence-electron chi connectivity index (χ4n) is 4.49. The minimum absolute atomic E-state index is 0.0142. The number of fused-ring (bicyclic) bond motifs is 1. The fourth-order valence-corrected chi connectivity index (χ4v) is 5.80. The van der Waals surface area contributed by atoms with Crippen LogP contribution in [-0.2, 0) is 4.79 Å². The van der Waals surface area contributed by atoms with E-state index in [0.717, 1.165) is 23.5 Å². The summed E-state index contributed by atoms with van der Waals surface area (Å²) in [6.07, 6.45) is 2.22. The lowest BCUT2D eigenvalue weighted by Crippen LogP contribution is -2.53. The van der Waals surface area contributed by atoms with Gasteiger partial charge in [-0.1, -0.05) is 24.2 Å². The predicted octanol–water partition coefficient (Wildman–Crippen LogP) is 4.86. The van der Waals surface area contributed by atoms with Gasteiger partial charge < -0.3 is 15.4 Å². The third kappa shape index (κ3) is 4.90. The Morgan fingerprint density at radius 1 is 1.38 bits per heavy atom. The molecule has 0 radical (unpaired) electrons. The van der Waals surface area contributed by atoms with Crippen molar-refractivity contribution in [1.82, 2.24) is 9.80 Å². The maximum Gasteiger partial charge on any atom is 0.246 e. The molecule has 0 saturated carbocycles. The topological polar surface area (TPSA) is 99.7 Å². The van der Waals surface area contributed by atoms with E-state index in [2.05, 4.69) is 11.5 Å². The minimum Gasteiger partial charge on any atom is -0.491 e. The summed E-state index contributed by atoms with van der Waals surface area (Å²) in [7, 11) is 1.94. The second kappa shape index (κ2) is 10.8. The number of anilines is 1. The van der Waals surface area contributed by atoms with Gasteiger partial charge in [0.1, 0.15) is 28.5 Å². The van der Waals surface area contributed by atoms with Crippen molar-refractivity contribution in [3.63, 3.8) is 0 Å². The summed E-state index contributed by atoms with van der Waals surface area (Å²) >= 11 is 7.49. The third-order valence-corrected chi connectivity index (χ3v) is 7.88. The van der Waals surface area contributed by atoms with Gasteiger partial charge in [-0.2, -0.15) is 5.26 Å². The summed E-state index contributed by atoms with van der Waals surface area (Å²) in [5.41, 5.74) is 5.88. The zero-order valence-corrected chi connectivity index (χ0v) is 21.5. The molecule has 7 nitrogen and oxygen atoms in total. The summed E-state index contributed by atoms with van der Waals surface area (Å²) in [5, 5.41) is 9.66. The number of carbonyl (C=O) groups is 2. The SMILES string of the molecule is C=CC(=O)N1CCN(C)C(CCOc2c(C=O)cc(F)c(-c3ccc(F)c4sc(N)c(C#N)c34)c2Cl)C1. The Bertz CT molecular complexity index is 1450. The number of carbonyl (C=O) groups excluding carboxylic acids is 2. The molecule has 1 aliphatic rings. The number of benzene rings is 2. The van der Waals surface area contributed by atoms with Crippen molar-refractivity contribution in [1.29, 1.82) is 5.26 Å². The molecule has 0 spiro atoms. The molecule has 37 heavy (non-hydrogen) atoms. The highest BCUT2D eigenvalue weighted by atomic mass is 35.5. The maximum atomic E-state index is 15.3. The number of amides is 1. The second-order valence-electron chi connectivity index (χ2n) is 8.60. The molecule has 0 bridgehead atoms. The number of hydrogen-bond acceptors (Lipinski definition) is 7. The molecular weight excluding hydrogens is 522 g/mol. The van der Waals surface area contributed by atoms with Crippen LogP contribution >= 0.6 is 22.9 Å². The molecule has 1 atom stereocenters. The van der Waals surface area contributed by atoms with E-state index in [1.54, 1.807) is 4.90 Å². The zero-order valence-electron chi connectivity index (χ0n) is 19.9. The zero-order chi connectivity index (χ0) is 26.9. The van der Waals surface area contributed by atoms with E-state index >= 15 is 4.39 Å². The highest BCUT2D eigenvalue weighted by Crippen LogP contribution is 2.46. The molecule has 1 aromatic heterocycles. The largest absolute Gasteiger partial charge is 0.491 e. The van der Waals surface area contributed by atoms with Crippen LogP contribution in [0.4, 0.5) is 13.8 Å². The lowest BCUT2D eigenvalue weighted by Gasteiger charge is -2.39. The second-order valence-corrected chi connectivity index (χ2v) is 10.0. The van der Waals surface area contributed by atoms with Gasteiger partial charge in [0.05, 0.1) is 27.5 Å². The molecule has 3 aromatic rings. The average Bonchev–Trinajstić information content (AvgIpc) is 3.23. The Balaban J connectivity index is 1.69. The van der Waals surface area contributed by atoms with Gasteiger partial charge in [-0.3, -0.25) is 14.5 Å². The first-order chi connectivity index (χ1) is 17.7. The van der Waals surface area contributed by atoms with Crippen LogP contribution in [0.25, 0.3) is 21.2 Å². The third-order valence-electron chi connectivity index (χ3n) is 6.49. The van der Waals surface area contributed by atoms with Crippen LogP contribution in [0, 0.1) is 23.0 Å². The first-order valence-corrected chi connectivity index (χ1v) is 12.5. The lowest BCUT2D eigenvalue weighted by molar-refractivity contribution is -0.128. The molecule has 1 unspecified atom stereocenters. The van der Waals surface area contributed by atoms with Crippen molar-refractivity contribution < 1.29 is 23.1 Å². The predicted molar refractivity (Wildman–Crippen MR) is 140 cm³/mol. The smallest absolute Gasteiger partial charge is 0.246 e. The van der Waals surface area contributed by atoms with Crippen LogP contribution in [0.2, 0.25) is 5.02 Å². The van der Waals surface area contributed by atoms with E-state index in [1.807, 2.05) is 13.1 Å². The van der Waals surface area contributed by atoms with E-state index < -0.39 is 11.6 Å². The number of aldehydes is 1. The van der Waals surface area contributed by atoms with Crippen molar-refractivity contribution in [2.75, 3.05) is 39.0 Å². The van der Waals surface area contributed by atoms with Gasteiger partial charge in [0.2, 0.25) is 5.91 Å². The maximum absolute atomic E-state index is 15.3. The van der Waals surface area contributed by atoms with Crippen LogP contribution in [0.3, 0.4) is 0 Å². The first kappa shape index (κ1) is 26.5. The number of nitriles is 1. The molecule has 2 aromatic carbocycles. The number of nitrogens with two attached hydrogens (primary N) is 1. The van der Waals surface area contributed by atoms with Crippen molar-refractivity contribution in [3.8, 4) is 22.9 Å². The van der Waals surface area contributed by atoms with Crippen molar-refractivity contribution in [2.45, 2.75) is 12.5 Å². The minimum atomic E-state index is -0.827. The Morgan fingerprint density at radius 2 is 2.14 bits per heavy atom. The molecule has 4 rings (SSSR count). The van der Waals surface area contributed by atoms with E-state index in [9.17, 15) is 19.2 Å². The van der Waals surface area contributed by atoms with Gasteiger partial charge in [-0.15, -0.1) is 11.3 Å². The van der Waals surface area contributed by atoms with Crippen LogP contribution in [0.5, 0.6) is 5.75 Å². The van der Waals surface area contributed by atoms with E-state index in [4.69, 9.17) is 22.1 Å². The van der Waals surface area contributed by atoms with E-state index in [-0.39, 0.29) is 66.7 Å². The lowest BCUT2D eigenvalue weighted by atomic mass is 9.97. The van der Waals surface area contributed by atoms with E-state index in [1.165, 1.54) is 12.1 Å². The standard InChI is InChI=1S/C26H23ClF2N4O3S/c1-3-20(35)33-8-7-32(2)15(12-33)6-9-36-24-14(13-34)10-19(29)22(23(24)27)16-4-5-18(28)25-21(16)17(11-30)26(31)37-25/h3-5,10,13,15H,1,6-9,12,31H2,2H3. The molecule has 1 amide bonds. The highest BCUT2D eigenvalue weighted by Gasteiger charge is 2.28. The molecule has 1 aliphatic heterocycles. The number of rotatable bonds is 7. The van der Waals surface area contributed by atoms with Crippen LogP contribution < -0.4 is 10.5 Å². The number of hydrogen-bond donors (Lipinski definition) is 1. The van der Waals surface area contributed by atoms with Crippen molar-refractivity contribution in [2.24, 2.45) is 0 Å². The Hall–Kier alpha value is -3.52. The molecule has 11 heteroatoms. The summed E-state index contributed by atoms with van der Waals surface area (Å²) in [5.74, 6) is -1.60. The molecule has 1 fully saturated rings. The summed E-state index contributed by atoms with van der Waals surface area (Å²) < 4.78 is 35.8. The van der Waals surface area contributed by atoms with E-state index in [0.29, 0.717) is 32.3 Å². The first-order valence-electron chi connectivity index (χ1n) is 11.3. The fraction of sp³-hybridized carbons (Fsp3) is 0.269. The number of nitrogen functional groups attached to an aromatic ring is 1. The molecule has 1 saturated heterocycles. The van der Waals surface area contributed by atoms with Crippen molar-refractivity contribution in [3.05, 3.63) is 58.6 Å². The summed E-state index contributed by atoms with van der Waals surface area (Å²) in [4.78, 5) is 27.6. The Morgan fingerprint density at radius 3 is 2.81 bits per heavy atom. The highest BCUT2D eigenvalue weighted by molar-refractivity contribution is 7.23. The molecule has 2 N–H and O–H groups in total. The van der Waals surface area contributed by atoms with Gasteiger partial charge >= 0.3 is 0 Å². The van der Waals surface area contributed by atoms with Gasteiger partial charge in [0, 0.05) is 36.6 Å². The Labute approximate surface area is 221 Å². The van der Waals surface area contributed by atoms with Crippen LogP contribution in [-0.4, -0.2) is 61.3 Å². The molecular formula is C26H23ClF2N4O3S. The Kier molecular flexibility index (Phi) is 7.78. The summed E-state index contributed by atoms with van der Waals surface area (Å²) in [6.45, 7) is 5.41. The summed E-state index contributed by atoms with van der Waals surface area (Å²) in [6, 6.07) is 5.40. The van der Waals surface area contributed by atoms with Gasteiger partial charge in [0.25, 0.3) is 0 Å². The average molecular weight is 545 g/mol. The molecule has 192 valence electrons. The van der Waals surface area contributed by atoms with Gasteiger partial charge in [-0.05, 0) is 37.2 Å². The number of likely N-dealkylation sites (N-methyl/N-ethyl adjacent to an activating group) is 1. The number of nitrogens with zero attached hydrogens (tertiary/aromatic N) is 3. The quantitative estimate of drug-likeness (QED) is 0.337. The van der Waals surface area contributed by atoms with Crippen LogP contribution in [0.15, 0.2) is 30.9 Å². The molecule has 2 heterocycles. The van der Waals surface area contributed by atoms with Crippen molar-refractivity contribution >= 4 is 50.2 Å². The van der Waals surface area contributed by atoms with Gasteiger partial charge in [0.15, 0.2) is 6.29 Å². The number of thiophene rings is 1. The number of halogens is 3. The number of ether oxygens (including phenoxy) is 1. The number of piperazine rings is 1. The normalized spacial score (nSPS) is 16.0. The van der Waals surface area contributed by atoms with Gasteiger partial charge in [-0.25, -0.2) is 8.78 Å².